The molecule has 0 rings (SSSR count). The fourth-order valence-corrected chi connectivity index (χ4v) is 0.698. The van der Waals surface area contributed by atoms with Gasteiger partial charge in [-0.15, -0.1) is 11.6 Å². The molecule has 0 heterocycles. The molecule has 2 heteroatoms. The average Bonchev–Trinajstić information content (AvgIpc) is 1.83. The van der Waals surface area contributed by atoms with Crippen LogP contribution in [-0.4, -0.2) is 12.4 Å². The van der Waals surface area contributed by atoms with Gasteiger partial charge in [0.05, 0.1) is 0 Å². The highest BCUT2D eigenvalue weighted by Gasteiger charge is 1.96. The third kappa shape index (κ3) is 4.41. The molecule has 0 aliphatic carbocycles. The van der Waals surface area contributed by atoms with Crippen molar-refractivity contribution in [3.63, 3.8) is 0 Å². The summed E-state index contributed by atoms with van der Waals surface area (Å²) in [5.41, 5.74) is 5.29. The van der Waals surface area contributed by atoms with E-state index in [1.54, 1.807) is 0 Å². The van der Waals surface area contributed by atoms with E-state index in [0.717, 1.165) is 18.8 Å². The number of hydrogen-bond donors (Lipinski definition) is 1. The van der Waals surface area contributed by atoms with Gasteiger partial charge in [-0.05, 0) is 25.3 Å². The molecule has 0 aromatic heterocycles. The van der Waals surface area contributed by atoms with Crippen molar-refractivity contribution in [1.29, 1.82) is 0 Å². The van der Waals surface area contributed by atoms with Crippen molar-refractivity contribution >= 4 is 11.6 Å². The zero-order chi connectivity index (χ0) is 6.41. The molecule has 0 bridgehead atoms. The normalized spacial score (nSPS) is 13.9. The van der Waals surface area contributed by atoms with Gasteiger partial charge in [0, 0.05) is 5.88 Å². The van der Waals surface area contributed by atoms with E-state index < -0.39 is 0 Å². The molecule has 0 saturated heterocycles. The van der Waals surface area contributed by atoms with E-state index in [1.807, 2.05) is 0 Å². The Morgan fingerprint density at radius 1 is 1.62 bits per heavy atom. The summed E-state index contributed by atoms with van der Waals surface area (Å²) in [4.78, 5) is 0. The number of hydrogen-bond acceptors (Lipinski definition) is 1. The molecule has 0 aliphatic rings. The Morgan fingerprint density at radius 2 is 2.25 bits per heavy atom. The second kappa shape index (κ2) is 5.39. The maximum Gasteiger partial charge on any atom is 0.0249 e. The summed E-state index contributed by atoms with van der Waals surface area (Å²) in [6.07, 6.45) is 2.27. The van der Waals surface area contributed by atoms with E-state index in [1.165, 1.54) is 6.42 Å². The third-order valence-electron chi connectivity index (χ3n) is 1.16. The summed E-state index contributed by atoms with van der Waals surface area (Å²) in [7, 11) is 0. The van der Waals surface area contributed by atoms with Crippen molar-refractivity contribution in [2.24, 2.45) is 11.7 Å². The van der Waals surface area contributed by atoms with E-state index in [2.05, 4.69) is 6.92 Å². The molecule has 1 unspecified atom stereocenters. The molecule has 0 radical (unpaired) electrons. The van der Waals surface area contributed by atoms with Crippen LogP contribution in [0.4, 0.5) is 0 Å². The van der Waals surface area contributed by atoms with E-state index in [9.17, 15) is 0 Å². The summed E-state index contributed by atoms with van der Waals surface area (Å²) in [6.45, 7) is 2.93. The molecule has 0 aromatic rings. The van der Waals surface area contributed by atoms with Crippen LogP contribution < -0.4 is 5.73 Å². The standard InChI is InChI=1S/C6H14ClN/c1-6(5-7)3-2-4-8/h6H,2-5,8H2,1H3. The van der Waals surface area contributed by atoms with E-state index in [4.69, 9.17) is 17.3 Å². The van der Waals surface area contributed by atoms with Crippen molar-refractivity contribution in [2.45, 2.75) is 19.8 Å². The molecule has 2 N–H and O–H groups in total. The molecule has 0 spiro atoms. The molecule has 0 aromatic carbocycles. The largest absolute Gasteiger partial charge is 0.330 e. The Kier molecular flexibility index (Phi) is 5.56. The van der Waals surface area contributed by atoms with Gasteiger partial charge in [0.25, 0.3) is 0 Å². The lowest BCUT2D eigenvalue weighted by atomic mass is 10.1. The summed E-state index contributed by atoms with van der Waals surface area (Å²) in [5, 5.41) is 0. The van der Waals surface area contributed by atoms with Gasteiger partial charge in [0.1, 0.15) is 0 Å². The number of halogens is 1. The first-order valence-corrected chi connectivity index (χ1v) is 3.60. The maximum atomic E-state index is 5.55. The van der Waals surface area contributed by atoms with Gasteiger partial charge in [-0.2, -0.15) is 0 Å². The van der Waals surface area contributed by atoms with Gasteiger partial charge >= 0.3 is 0 Å². The van der Waals surface area contributed by atoms with Crippen LogP contribution >= 0.6 is 11.6 Å². The van der Waals surface area contributed by atoms with Crippen LogP contribution in [0.25, 0.3) is 0 Å². The van der Waals surface area contributed by atoms with Gasteiger partial charge in [0.15, 0.2) is 0 Å². The maximum absolute atomic E-state index is 5.55. The highest BCUT2D eigenvalue weighted by Crippen LogP contribution is 2.05. The van der Waals surface area contributed by atoms with Gasteiger partial charge in [0.2, 0.25) is 0 Å². The molecule has 0 amide bonds. The topological polar surface area (TPSA) is 26.0 Å². The lowest BCUT2D eigenvalue weighted by Gasteiger charge is -2.03. The van der Waals surface area contributed by atoms with Gasteiger partial charge in [-0.25, -0.2) is 0 Å². The first-order chi connectivity index (χ1) is 3.81. The number of nitrogens with two attached hydrogens (primary N) is 1. The predicted octanol–water partition coefficient (Wildman–Crippen LogP) is 1.60. The molecule has 50 valence electrons. The van der Waals surface area contributed by atoms with Crippen molar-refractivity contribution in [2.75, 3.05) is 12.4 Å². The Hall–Kier alpha value is 0.250. The average molecular weight is 136 g/mol. The molecule has 8 heavy (non-hydrogen) atoms. The summed E-state index contributed by atoms with van der Waals surface area (Å²) in [6, 6.07) is 0. The van der Waals surface area contributed by atoms with Crippen molar-refractivity contribution < 1.29 is 0 Å². The number of rotatable bonds is 4. The molecule has 0 fully saturated rings. The van der Waals surface area contributed by atoms with Crippen LogP contribution in [-0.2, 0) is 0 Å². The molecule has 1 nitrogen and oxygen atoms in total. The lowest BCUT2D eigenvalue weighted by Crippen LogP contribution is -2.03. The van der Waals surface area contributed by atoms with Crippen LogP contribution in [0.1, 0.15) is 19.8 Å². The van der Waals surface area contributed by atoms with Crippen LogP contribution in [0.3, 0.4) is 0 Å². The molecular weight excluding hydrogens is 122 g/mol. The SMILES string of the molecule is CC(CCl)CCCN. The summed E-state index contributed by atoms with van der Waals surface area (Å²) in [5.74, 6) is 1.40. The second-order valence-electron chi connectivity index (χ2n) is 2.19. The van der Waals surface area contributed by atoms with Crippen molar-refractivity contribution in [1.82, 2.24) is 0 Å². The Labute approximate surface area is 56.2 Å². The van der Waals surface area contributed by atoms with Crippen LogP contribution in [0, 0.1) is 5.92 Å². The fourth-order valence-electron chi connectivity index (χ4n) is 0.543. The van der Waals surface area contributed by atoms with Gasteiger partial charge in [-0.3, -0.25) is 0 Å². The zero-order valence-corrected chi connectivity index (χ0v) is 6.12. The Balaban J connectivity index is 2.86. The fraction of sp³-hybridized carbons (Fsp3) is 1.00. The smallest absolute Gasteiger partial charge is 0.0249 e. The monoisotopic (exact) mass is 135 g/mol. The van der Waals surface area contributed by atoms with E-state index in [-0.39, 0.29) is 0 Å². The second-order valence-corrected chi connectivity index (χ2v) is 2.50. The van der Waals surface area contributed by atoms with Gasteiger partial charge in [-0.1, -0.05) is 6.92 Å². The van der Waals surface area contributed by atoms with Crippen LogP contribution in [0.5, 0.6) is 0 Å². The van der Waals surface area contributed by atoms with Crippen LogP contribution in [0.2, 0.25) is 0 Å². The quantitative estimate of drug-likeness (QED) is 0.583. The Morgan fingerprint density at radius 3 is 2.62 bits per heavy atom. The Bertz CT molecular complexity index is 47.8. The summed E-state index contributed by atoms with van der Waals surface area (Å²) < 4.78 is 0. The first-order valence-electron chi connectivity index (χ1n) is 3.07. The number of alkyl halides is 1. The third-order valence-corrected chi connectivity index (χ3v) is 1.69. The predicted molar refractivity (Wildman–Crippen MR) is 38.2 cm³/mol. The minimum absolute atomic E-state index is 0.639. The van der Waals surface area contributed by atoms with E-state index in [0.29, 0.717) is 5.92 Å². The summed E-state index contributed by atoms with van der Waals surface area (Å²) >= 11 is 5.55. The highest BCUT2D eigenvalue weighted by atomic mass is 35.5. The molecule has 1 atom stereocenters. The van der Waals surface area contributed by atoms with Gasteiger partial charge < -0.3 is 5.73 Å². The molecule has 0 saturated carbocycles. The minimum Gasteiger partial charge on any atom is -0.330 e. The van der Waals surface area contributed by atoms with Crippen molar-refractivity contribution in [3.05, 3.63) is 0 Å². The highest BCUT2D eigenvalue weighted by molar-refractivity contribution is 6.18. The molecular formula is C6H14ClN. The lowest BCUT2D eigenvalue weighted by molar-refractivity contribution is 0.566. The van der Waals surface area contributed by atoms with E-state index >= 15 is 0 Å². The van der Waals surface area contributed by atoms with Crippen LogP contribution in [0.15, 0.2) is 0 Å². The molecule has 0 aliphatic heterocycles. The minimum atomic E-state index is 0.639. The zero-order valence-electron chi connectivity index (χ0n) is 5.36. The van der Waals surface area contributed by atoms with Crippen molar-refractivity contribution in [3.8, 4) is 0 Å². The first kappa shape index (κ1) is 8.25.